The Hall–Kier alpha value is -1.72. The second-order valence-corrected chi connectivity index (χ2v) is 5.28. The van der Waals surface area contributed by atoms with Gasteiger partial charge in [0, 0.05) is 5.02 Å². The van der Waals surface area contributed by atoms with Crippen LogP contribution in [0.15, 0.2) is 29.1 Å². The van der Waals surface area contributed by atoms with Crippen molar-refractivity contribution in [3.63, 3.8) is 0 Å². The van der Waals surface area contributed by atoms with Crippen LogP contribution < -0.4 is 10.1 Å². The molecule has 0 spiro atoms. The first-order chi connectivity index (χ1) is 8.65. The number of hydrogen-bond acceptors (Lipinski definition) is 4. The molecule has 0 N–H and O–H groups in total. The van der Waals surface area contributed by atoms with Gasteiger partial charge in [-0.2, -0.15) is 0 Å². The van der Waals surface area contributed by atoms with E-state index in [1.165, 1.54) is 15.7 Å². The second kappa shape index (κ2) is 4.19. The van der Waals surface area contributed by atoms with Gasteiger partial charge in [-0.15, -0.1) is 10.2 Å². The summed E-state index contributed by atoms with van der Waals surface area (Å²) in [5.41, 5.74) is 0.860. The summed E-state index contributed by atoms with van der Waals surface area (Å²) in [5.74, 6) is 0.613. The topological polar surface area (TPSA) is 47.3 Å². The molecular formula is C12H8ClN3OS. The fraction of sp³-hybridized carbons (Fsp3) is 0.0833. The van der Waals surface area contributed by atoms with Gasteiger partial charge < -0.3 is 0 Å². The molecule has 2 aromatic heterocycles. The number of halogens is 1. The van der Waals surface area contributed by atoms with Crippen LogP contribution in [0.4, 0.5) is 0 Å². The normalized spacial score (nSPS) is 12.4. The number of fused-ring (bicyclic) bond motifs is 1. The maximum absolute atomic E-state index is 12.1. The zero-order chi connectivity index (χ0) is 12.7. The molecule has 3 aromatic rings. The number of nitrogens with zero attached hydrogens (tertiary/aromatic N) is 3. The molecule has 0 amide bonds. The van der Waals surface area contributed by atoms with Crippen molar-refractivity contribution in [3.8, 4) is 0 Å². The Labute approximate surface area is 111 Å². The molecule has 2 heterocycles. The van der Waals surface area contributed by atoms with Gasteiger partial charge in [0.1, 0.15) is 5.82 Å². The summed E-state index contributed by atoms with van der Waals surface area (Å²) in [7, 11) is 0. The Kier molecular flexibility index (Phi) is 2.65. The molecule has 0 aliphatic rings. The first-order valence-electron chi connectivity index (χ1n) is 5.27. The van der Waals surface area contributed by atoms with Gasteiger partial charge in [0.15, 0.2) is 0 Å². The smallest absolute Gasteiger partial charge is 0.267 e. The van der Waals surface area contributed by atoms with Crippen LogP contribution in [0.5, 0.6) is 0 Å². The van der Waals surface area contributed by atoms with Crippen molar-refractivity contribution in [3.05, 3.63) is 55.6 Å². The number of rotatable bonds is 1. The van der Waals surface area contributed by atoms with Crippen LogP contribution in [0.1, 0.15) is 11.4 Å². The molecule has 18 heavy (non-hydrogen) atoms. The van der Waals surface area contributed by atoms with Crippen molar-refractivity contribution in [1.82, 2.24) is 14.6 Å². The first kappa shape index (κ1) is 11.4. The third-order valence-corrected chi connectivity index (χ3v) is 3.79. The Morgan fingerprint density at radius 1 is 1.28 bits per heavy atom. The molecule has 0 aliphatic heterocycles. The van der Waals surface area contributed by atoms with Crippen molar-refractivity contribution in [2.45, 2.75) is 6.92 Å². The van der Waals surface area contributed by atoms with Gasteiger partial charge in [-0.1, -0.05) is 35.1 Å². The molecule has 1 aromatic carbocycles. The van der Waals surface area contributed by atoms with E-state index in [0.29, 0.717) is 20.3 Å². The van der Waals surface area contributed by atoms with Gasteiger partial charge in [-0.05, 0) is 30.7 Å². The second-order valence-electron chi connectivity index (χ2n) is 3.83. The highest BCUT2D eigenvalue weighted by molar-refractivity contribution is 7.15. The largest absolute Gasteiger partial charge is 0.275 e. The molecule has 0 unspecified atom stereocenters. The SMILES string of the molecule is Cc1nnc2s/c(=C/c3ccc(Cl)cc3)c(=O)n12. The van der Waals surface area contributed by atoms with Gasteiger partial charge >= 0.3 is 0 Å². The molecule has 0 saturated carbocycles. The quantitative estimate of drug-likeness (QED) is 0.680. The third-order valence-electron chi connectivity index (χ3n) is 2.58. The Morgan fingerprint density at radius 2 is 2.00 bits per heavy atom. The molecule has 0 fully saturated rings. The van der Waals surface area contributed by atoms with Gasteiger partial charge in [0.2, 0.25) is 4.96 Å². The summed E-state index contributed by atoms with van der Waals surface area (Å²) in [6, 6.07) is 7.33. The predicted octanol–water partition coefficient (Wildman–Crippen LogP) is 1.66. The molecule has 0 radical (unpaired) electrons. The van der Waals surface area contributed by atoms with Crippen molar-refractivity contribution in [2.75, 3.05) is 0 Å². The van der Waals surface area contributed by atoms with E-state index in [9.17, 15) is 4.79 Å². The average molecular weight is 278 g/mol. The Morgan fingerprint density at radius 3 is 2.67 bits per heavy atom. The summed E-state index contributed by atoms with van der Waals surface area (Å²) in [5, 5.41) is 8.49. The maximum atomic E-state index is 12.1. The first-order valence-corrected chi connectivity index (χ1v) is 6.46. The van der Waals surface area contributed by atoms with Crippen LogP contribution in [-0.4, -0.2) is 14.6 Å². The van der Waals surface area contributed by atoms with E-state index in [0.717, 1.165) is 5.56 Å². The zero-order valence-electron chi connectivity index (χ0n) is 9.42. The van der Waals surface area contributed by atoms with Crippen LogP contribution in [0.3, 0.4) is 0 Å². The van der Waals surface area contributed by atoms with Gasteiger partial charge in [-0.3, -0.25) is 4.79 Å². The number of benzene rings is 1. The lowest BCUT2D eigenvalue weighted by molar-refractivity contribution is 0.984. The minimum atomic E-state index is -0.0764. The monoisotopic (exact) mass is 277 g/mol. The van der Waals surface area contributed by atoms with Crippen LogP contribution in [-0.2, 0) is 0 Å². The lowest BCUT2D eigenvalue weighted by Gasteiger charge is -1.91. The number of hydrogen-bond donors (Lipinski definition) is 0. The van der Waals surface area contributed by atoms with E-state index in [1.807, 2.05) is 18.2 Å². The van der Waals surface area contributed by atoms with Gasteiger partial charge in [-0.25, -0.2) is 4.40 Å². The van der Waals surface area contributed by atoms with Crippen LogP contribution >= 0.6 is 22.9 Å². The fourth-order valence-electron chi connectivity index (χ4n) is 1.70. The predicted molar refractivity (Wildman–Crippen MR) is 72.1 cm³/mol. The number of aryl methyl sites for hydroxylation is 1. The molecule has 3 rings (SSSR count). The molecule has 90 valence electrons. The molecule has 4 nitrogen and oxygen atoms in total. The molecular weight excluding hydrogens is 270 g/mol. The number of thiazole rings is 1. The van der Waals surface area contributed by atoms with E-state index >= 15 is 0 Å². The third kappa shape index (κ3) is 1.81. The van der Waals surface area contributed by atoms with Gasteiger partial charge in [0.25, 0.3) is 5.56 Å². The Balaban J connectivity index is 2.23. The van der Waals surface area contributed by atoms with Gasteiger partial charge in [0.05, 0.1) is 4.53 Å². The molecule has 0 atom stereocenters. The maximum Gasteiger partial charge on any atom is 0.275 e. The zero-order valence-corrected chi connectivity index (χ0v) is 11.0. The molecule has 0 aliphatic carbocycles. The summed E-state index contributed by atoms with van der Waals surface area (Å²) in [6.45, 7) is 1.76. The van der Waals surface area contributed by atoms with Crippen LogP contribution in [0, 0.1) is 6.92 Å². The summed E-state index contributed by atoms with van der Waals surface area (Å²) >= 11 is 7.15. The molecule has 0 saturated heterocycles. The fourth-order valence-corrected chi connectivity index (χ4v) is 2.78. The highest BCUT2D eigenvalue weighted by Gasteiger charge is 2.08. The van der Waals surface area contributed by atoms with E-state index in [-0.39, 0.29) is 5.56 Å². The van der Waals surface area contributed by atoms with Crippen molar-refractivity contribution in [2.24, 2.45) is 0 Å². The minimum absolute atomic E-state index is 0.0764. The van der Waals surface area contributed by atoms with Crippen LogP contribution in [0.25, 0.3) is 11.0 Å². The van der Waals surface area contributed by atoms with E-state index in [1.54, 1.807) is 19.1 Å². The highest BCUT2D eigenvalue weighted by Crippen LogP contribution is 2.10. The lowest BCUT2D eigenvalue weighted by atomic mass is 10.2. The van der Waals surface area contributed by atoms with Crippen molar-refractivity contribution < 1.29 is 0 Å². The average Bonchev–Trinajstić information content (AvgIpc) is 2.85. The highest BCUT2D eigenvalue weighted by atomic mass is 35.5. The summed E-state index contributed by atoms with van der Waals surface area (Å²) in [6.07, 6.45) is 1.83. The summed E-state index contributed by atoms with van der Waals surface area (Å²) < 4.78 is 2.16. The molecule has 0 bridgehead atoms. The lowest BCUT2D eigenvalue weighted by Crippen LogP contribution is -2.23. The number of aromatic nitrogens is 3. The van der Waals surface area contributed by atoms with E-state index < -0.39 is 0 Å². The summed E-state index contributed by atoms with van der Waals surface area (Å²) in [4.78, 5) is 12.7. The molecule has 6 heteroatoms. The van der Waals surface area contributed by atoms with Crippen LogP contribution in [0.2, 0.25) is 5.02 Å². The van der Waals surface area contributed by atoms with Crippen molar-refractivity contribution in [1.29, 1.82) is 0 Å². The van der Waals surface area contributed by atoms with E-state index in [4.69, 9.17) is 11.6 Å². The Bertz CT molecular complexity index is 819. The standard InChI is InChI=1S/C12H8ClN3OS/c1-7-14-15-12-16(7)11(17)10(18-12)6-8-2-4-9(13)5-3-8/h2-6H,1H3/b10-6+. The van der Waals surface area contributed by atoms with E-state index in [2.05, 4.69) is 10.2 Å². The minimum Gasteiger partial charge on any atom is -0.267 e. The van der Waals surface area contributed by atoms with Crippen molar-refractivity contribution >= 4 is 34.0 Å².